The van der Waals surface area contributed by atoms with Gasteiger partial charge in [-0.05, 0) is 43.7 Å². The van der Waals surface area contributed by atoms with Gasteiger partial charge in [0.1, 0.15) is 5.75 Å². The third-order valence-electron chi connectivity index (χ3n) is 4.93. The second kappa shape index (κ2) is 5.63. The van der Waals surface area contributed by atoms with E-state index in [4.69, 9.17) is 4.74 Å². The Balaban J connectivity index is 1.82. The molecule has 1 aromatic rings. The number of aliphatic carboxylic acids is 1. The SMILES string of the molecule is COc1cccc(C(=O)N2C[C@@H](C(=O)O)[C@H](C3CC3)C2)c1C. The fraction of sp³-hybridized carbons (Fsp3) is 0.529. The summed E-state index contributed by atoms with van der Waals surface area (Å²) in [6.07, 6.45) is 2.18. The van der Waals surface area contributed by atoms with Crippen LogP contribution >= 0.6 is 0 Å². The first kappa shape index (κ1) is 14.9. The van der Waals surface area contributed by atoms with Gasteiger partial charge in [0.25, 0.3) is 5.91 Å². The van der Waals surface area contributed by atoms with Crippen LogP contribution in [0.25, 0.3) is 0 Å². The van der Waals surface area contributed by atoms with Crippen LogP contribution in [0.3, 0.4) is 0 Å². The summed E-state index contributed by atoms with van der Waals surface area (Å²) in [6.45, 7) is 2.72. The fourth-order valence-electron chi connectivity index (χ4n) is 3.50. The van der Waals surface area contributed by atoms with Gasteiger partial charge in [0.05, 0.1) is 13.0 Å². The van der Waals surface area contributed by atoms with Crippen LogP contribution in [0.2, 0.25) is 0 Å². The Morgan fingerprint density at radius 3 is 2.59 bits per heavy atom. The largest absolute Gasteiger partial charge is 0.496 e. The number of carboxylic acid groups (broad SMARTS) is 1. The first-order chi connectivity index (χ1) is 10.5. The van der Waals surface area contributed by atoms with Crippen molar-refractivity contribution in [2.75, 3.05) is 20.2 Å². The molecule has 1 amide bonds. The number of carbonyl (C=O) groups excluding carboxylic acids is 1. The predicted molar refractivity (Wildman–Crippen MR) is 81.0 cm³/mol. The van der Waals surface area contributed by atoms with Crippen LogP contribution in [0.1, 0.15) is 28.8 Å². The van der Waals surface area contributed by atoms with Crippen LogP contribution in [0.15, 0.2) is 18.2 Å². The van der Waals surface area contributed by atoms with Gasteiger partial charge in [-0.25, -0.2) is 0 Å². The molecular weight excluding hydrogens is 282 g/mol. The lowest BCUT2D eigenvalue weighted by atomic mass is 9.92. The third kappa shape index (κ3) is 2.56. The van der Waals surface area contributed by atoms with Crippen molar-refractivity contribution in [2.45, 2.75) is 19.8 Å². The highest BCUT2D eigenvalue weighted by Crippen LogP contribution is 2.44. The molecule has 0 unspecified atom stereocenters. The van der Waals surface area contributed by atoms with Gasteiger partial charge in [-0.2, -0.15) is 0 Å². The fourth-order valence-corrected chi connectivity index (χ4v) is 3.50. The van der Waals surface area contributed by atoms with Crippen LogP contribution in [0.5, 0.6) is 5.75 Å². The zero-order valence-corrected chi connectivity index (χ0v) is 12.9. The Bertz CT molecular complexity index is 609. The lowest BCUT2D eigenvalue weighted by Crippen LogP contribution is -2.30. The summed E-state index contributed by atoms with van der Waals surface area (Å²) >= 11 is 0. The summed E-state index contributed by atoms with van der Waals surface area (Å²) in [5, 5.41) is 9.41. The van der Waals surface area contributed by atoms with Crippen LogP contribution in [-0.2, 0) is 4.79 Å². The Hall–Kier alpha value is -2.04. The summed E-state index contributed by atoms with van der Waals surface area (Å²) in [5.41, 5.74) is 1.40. The molecule has 0 aromatic heterocycles. The lowest BCUT2D eigenvalue weighted by Gasteiger charge is -2.18. The highest BCUT2D eigenvalue weighted by Gasteiger charge is 2.47. The van der Waals surface area contributed by atoms with Crippen molar-refractivity contribution in [3.05, 3.63) is 29.3 Å². The average molecular weight is 303 g/mol. The zero-order chi connectivity index (χ0) is 15.9. The molecule has 0 spiro atoms. The minimum Gasteiger partial charge on any atom is -0.496 e. The molecule has 0 bridgehead atoms. The normalized spacial score (nSPS) is 24.4. The minimum atomic E-state index is -0.783. The molecule has 2 fully saturated rings. The molecule has 1 aliphatic heterocycles. The van der Waals surface area contributed by atoms with Gasteiger partial charge in [-0.3, -0.25) is 9.59 Å². The van der Waals surface area contributed by atoms with E-state index in [0.29, 0.717) is 30.3 Å². The number of hydrogen-bond donors (Lipinski definition) is 1. The Morgan fingerprint density at radius 2 is 2.00 bits per heavy atom. The van der Waals surface area contributed by atoms with Crippen molar-refractivity contribution in [1.29, 1.82) is 0 Å². The summed E-state index contributed by atoms with van der Waals surface area (Å²) in [5.74, 6) is -0.0426. The lowest BCUT2D eigenvalue weighted by molar-refractivity contribution is -0.142. The van der Waals surface area contributed by atoms with E-state index in [-0.39, 0.29) is 11.8 Å². The molecule has 0 radical (unpaired) electrons. The summed E-state index contributed by atoms with van der Waals surface area (Å²) < 4.78 is 5.26. The second-order valence-electron chi connectivity index (χ2n) is 6.29. The molecule has 1 saturated heterocycles. The van der Waals surface area contributed by atoms with Crippen LogP contribution in [-0.4, -0.2) is 42.1 Å². The van der Waals surface area contributed by atoms with E-state index in [0.717, 1.165) is 18.4 Å². The topological polar surface area (TPSA) is 66.8 Å². The highest BCUT2D eigenvalue weighted by molar-refractivity contribution is 5.96. The molecule has 5 heteroatoms. The molecule has 22 heavy (non-hydrogen) atoms. The Morgan fingerprint density at radius 1 is 1.27 bits per heavy atom. The number of ether oxygens (including phenoxy) is 1. The molecule has 1 saturated carbocycles. The smallest absolute Gasteiger partial charge is 0.308 e. The van der Waals surface area contributed by atoms with Gasteiger partial charge in [0.2, 0.25) is 0 Å². The van der Waals surface area contributed by atoms with E-state index in [1.165, 1.54) is 0 Å². The number of rotatable bonds is 4. The first-order valence-corrected chi connectivity index (χ1v) is 7.68. The Labute approximate surface area is 129 Å². The number of nitrogens with zero attached hydrogens (tertiary/aromatic N) is 1. The maximum Gasteiger partial charge on any atom is 0.308 e. The standard InChI is InChI=1S/C17H21NO4/c1-10-12(4-3-5-15(10)22-2)16(19)18-8-13(11-6-7-11)14(9-18)17(20)21/h3-5,11,13-14H,6-9H2,1-2H3,(H,20,21)/t13-,14+/m0/s1. The molecule has 118 valence electrons. The maximum atomic E-state index is 12.8. The van der Waals surface area contributed by atoms with Gasteiger partial charge in [0, 0.05) is 24.2 Å². The van der Waals surface area contributed by atoms with Gasteiger partial charge in [-0.15, -0.1) is 0 Å². The van der Waals surface area contributed by atoms with Crippen LogP contribution in [0, 0.1) is 24.7 Å². The number of carbonyl (C=O) groups is 2. The van der Waals surface area contributed by atoms with Gasteiger partial charge in [-0.1, -0.05) is 6.07 Å². The number of benzene rings is 1. The molecule has 1 aromatic carbocycles. The van der Waals surface area contributed by atoms with Crippen molar-refractivity contribution in [2.24, 2.45) is 17.8 Å². The van der Waals surface area contributed by atoms with Crippen molar-refractivity contribution in [3.63, 3.8) is 0 Å². The maximum absolute atomic E-state index is 12.8. The number of amides is 1. The second-order valence-corrected chi connectivity index (χ2v) is 6.29. The van der Waals surface area contributed by atoms with E-state index < -0.39 is 11.9 Å². The first-order valence-electron chi connectivity index (χ1n) is 7.68. The monoisotopic (exact) mass is 303 g/mol. The molecule has 1 heterocycles. The van der Waals surface area contributed by atoms with E-state index in [1.54, 1.807) is 24.1 Å². The predicted octanol–water partition coefficient (Wildman–Crippen LogP) is 2.19. The van der Waals surface area contributed by atoms with Gasteiger partial charge in [0.15, 0.2) is 0 Å². The van der Waals surface area contributed by atoms with Crippen molar-refractivity contribution in [1.82, 2.24) is 4.90 Å². The van der Waals surface area contributed by atoms with Crippen molar-refractivity contribution < 1.29 is 19.4 Å². The molecule has 5 nitrogen and oxygen atoms in total. The minimum absolute atomic E-state index is 0.0919. The molecule has 3 rings (SSSR count). The van der Waals surface area contributed by atoms with E-state index in [1.807, 2.05) is 13.0 Å². The quantitative estimate of drug-likeness (QED) is 0.926. The number of methoxy groups -OCH3 is 1. The third-order valence-corrected chi connectivity index (χ3v) is 4.93. The molecular formula is C17H21NO4. The number of hydrogen-bond acceptors (Lipinski definition) is 3. The summed E-state index contributed by atoms with van der Waals surface area (Å²) in [6, 6.07) is 5.39. The molecule has 2 atom stereocenters. The molecule has 2 aliphatic rings. The number of likely N-dealkylation sites (tertiary alicyclic amines) is 1. The molecule has 1 N–H and O–H groups in total. The van der Waals surface area contributed by atoms with E-state index in [2.05, 4.69) is 0 Å². The highest BCUT2D eigenvalue weighted by atomic mass is 16.5. The van der Waals surface area contributed by atoms with Gasteiger partial charge < -0.3 is 14.7 Å². The van der Waals surface area contributed by atoms with Gasteiger partial charge >= 0.3 is 5.97 Å². The average Bonchev–Trinajstić information content (AvgIpc) is 3.25. The summed E-state index contributed by atoms with van der Waals surface area (Å²) in [7, 11) is 1.58. The number of carboxylic acids is 1. The zero-order valence-electron chi connectivity index (χ0n) is 12.9. The van der Waals surface area contributed by atoms with E-state index in [9.17, 15) is 14.7 Å². The van der Waals surface area contributed by atoms with Crippen LogP contribution < -0.4 is 4.74 Å². The van der Waals surface area contributed by atoms with Crippen LogP contribution in [0.4, 0.5) is 0 Å². The van der Waals surface area contributed by atoms with E-state index >= 15 is 0 Å². The summed E-state index contributed by atoms with van der Waals surface area (Å²) in [4.78, 5) is 25.9. The van der Waals surface area contributed by atoms with Crippen molar-refractivity contribution >= 4 is 11.9 Å². The Kier molecular flexibility index (Phi) is 3.81. The van der Waals surface area contributed by atoms with Crippen molar-refractivity contribution in [3.8, 4) is 5.75 Å². The molecule has 1 aliphatic carbocycles.